The van der Waals surface area contributed by atoms with Gasteiger partial charge in [-0.2, -0.15) is 0 Å². The van der Waals surface area contributed by atoms with Crippen molar-refractivity contribution < 1.29 is 0 Å². The van der Waals surface area contributed by atoms with Gasteiger partial charge < -0.3 is 9.47 Å². The van der Waals surface area contributed by atoms with E-state index in [0.717, 1.165) is 6.54 Å². The molecule has 6 aromatic carbocycles. The number of benzene rings is 6. The second-order valence-electron chi connectivity index (χ2n) is 10.6. The van der Waals surface area contributed by atoms with Crippen molar-refractivity contribution in [1.82, 2.24) is 4.57 Å². The van der Waals surface area contributed by atoms with Gasteiger partial charge in [0.2, 0.25) is 0 Å². The van der Waals surface area contributed by atoms with Gasteiger partial charge in [0, 0.05) is 40.3 Å². The molecule has 2 heterocycles. The zero-order chi connectivity index (χ0) is 26.5. The molecule has 190 valence electrons. The average molecular weight is 513 g/mol. The number of fused-ring (bicyclic) bond motifs is 4. The van der Waals surface area contributed by atoms with Crippen LogP contribution in [0, 0.1) is 0 Å². The minimum Gasteiger partial charge on any atom is -0.340 e. The number of nitrogens with zero attached hydrogens (tertiary/aromatic N) is 2. The van der Waals surface area contributed by atoms with Crippen molar-refractivity contribution in [3.8, 4) is 16.8 Å². The van der Waals surface area contributed by atoms with Crippen LogP contribution in [0.5, 0.6) is 0 Å². The second-order valence-corrected chi connectivity index (χ2v) is 10.6. The quantitative estimate of drug-likeness (QED) is 0.228. The van der Waals surface area contributed by atoms with Gasteiger partial charge in [-0.05, 0) is 70.8 Å². The van der Waals surface area contributed by atoms with Gasteiger partial charge in [0.1, 0.15) is 0 Å². The summed E-state index contributed by atoms with van der Waals surface area (Å²) in [4.78, 5) is 2.46. The molecule has 0 bridgehead atoms. The van der Waals surface area contributed by atoms with Gasteiger partial charge in [0.05, 0.1) is 11.0 Å². The first-order chi connectivity index (χ1) is 19.8. The van der Waals surface area contributed by atoms with E-state index in [9.17, 15) is 0 Å². The Morgan fingerprint density at radius 1 is 0.475 bits per heavy atom. The molecule has 7 aromatic rings. The summed E-state index contributed by atoms with van der Waals surface area (Å²) >= 11 is 0. The Balaban J connectivity index is 1.28. The molecule has 2 heteroatoms. The molecule has 0 saturated carbocycles. The number of hydrogen-bond donors (Lipinski definition) is 0. The van der Waals surface area contributed by atoms with Crippen LogP contribution in [0.4, 0.5) is 11.4 Å². The van der Waals surface area contributed by atoms with Gasteiger partial charge in [-0.15, -0.1) is 0 Å². The highest BCUT2D eigenvalue weighted by Gasteiger charge is 2.30. The van der Waals surface area contributed by atoms with E-state index < -0.39 is 0 Å². The molecule has 1 aliphatic rings. The van der Waals surface area contributed by atoms with Crippen LogP contribution in [-0.4, -0.2) is 11.1 Å². The summed E-state index contributed by atoms with van der Waals surface area (Å²) in [5.74, 6) is 0.310. The van der Waals surface area contributed by atoms with Gasteiger partial charge in [0.25, 0.3) is 0 Å². The Morgan fingerprint density at radius 2 is 1.15 bits per heavy atom. The number of anilines is 2. The highest BCUT2D eigenvalue weighted by molar-refractivity contribution is 6.09. The van der Waals surface area contributed by atoms with E-state index in [4.69, 9.17) is 0 Å². The summed E-state index contributed by atoms with van der Waals surface area (Å²) in [7, 11) is 0. The summed E-state index contributed by atoms with van der Waals surface area (Å²) in [6, 6.07) is 55.0. The third-order valence-electron chi connectivity index (χ3n) is 8.35. The van der Waals surface area contributed by atoms with Crippen molar-refractivity contribution in [3.63, 3.8) is 0 Å². The minimum absolute atomic E-state index is 0.310. The first-order valence-corrected chi connectivity index (χ1v) is 14.0. The molecule has 0 fully saturated rings. The Hall–Kier alpha value is -5.08. The summed E-state index contributed by atoms with van der Waals surface area (Å²) < 4.78 is 2.42. The maximum atomic E-state index is 2.46. The molecule has 0 amide bonds. The van der Waals surface area contributed by atoms with E-state index in [1.807, 2.05) is 0 Å². The molecule has 0 aliphatic carbocycles. The van der Waals surface area contributed by atoms with Crippen LogP contribution in [-0.2, 0) is 0 Å². The molecule has 0 spiro atoms. The predicted molar refractivity (Wildman–Crippen MR) is 168 cm³/mol. The molecule has 1 aromatic heterocycles. The molecule has 1 unspecified atom stereocenters. The summed E-state index contributed by atoms with van der Waals surface area (Å²) in [5.41, 5.74) is 11.4. The highest BCUT2D eigenvalue weighted by atomic mass is 15.2. The molecular weight excluding hydrogens is 484 g/mol. The van der Waals surface area contributed by atoms with Crippen LogP contribution in [0.2, 0.25) is 0 Å². The van der Waals surface area contributed by atoms with Crippen molar-refractivity contribution in [1.29, 1.82) is 0 Å². The van der Waals surface area contributed by atoms with E-state index in [0.29, 0.717) is 5.92 Å². The predicted octanol–water partition coefficient (Wildman–Crippen LogP) is 9.73. The summed E-state index contributed by atoms with van der Waals surface area (Å²) in [6.45, 7) is 0.937. The molecule has 1 aliphatic heterocycles. The van der Waals surface area contributed by atoms with Crippen molar-refractivity contribution in [2.75, 3.05) is 11.4 Å². The van der Waals surface area contributed by atoms with Gasteiger partial charge in [0.15, 0.2) is 0 Å². The number of rotatable bonds is 4. The van der Waals surface area contributed by atoms with Crippen molar-refractivity contribution in [3.05, 3.63) is 163 Å². The fraction of sp³-hybridized carbons (Fsp3) is 0.0526. The minimum atomic E-state index is 0.310. The SMILES string of the molecule is c1ccc(-c2cccc(-n3c4ccccc4c4cc(C5CN(c6ccccc6)c6ccccc65)ccc43)c2)cc1. The molecule has 8 rings (SSSR count). The Bertz CT molecular complexity index is 1990. The van der Waals surface area contributed by atoms with Crippen LogP contribution in [0.15, 0.2) is 152 Å². The Labute approximate surface area is 234 Å². The lowest BCUT2D eigenvalue weighted by Crippen LogP contribution is -2.16. The zero-order valence-electron chi connectivity index (χ0n) is 22.1. The smallest absolute Gasteiger partial charge is 0.0541 e. The first kappa shape index (κ1) is 22.9. The maximum absolute atomic E-state index is 2.46. The maximum Gasteiger partial charge on any atom is 0.0541 e. The number of aromatic nitrogens is 1. The molecule has 40 heavy (non-hydrogen) atoms. The van der Waals surface area contributed by atoms with E-state index >= 15 is 0 Å². The normalized spacial score (nSPS) is 14.6. The highest BCUT2D eigenvalue weighted by Crippen LogP contribution is 2.45. The first-order valence-electron chi connectivity index (χ1n) is 14.0. The van der Waals surface area contributed by atoms with Crippen LogP contribution in [0.1, 0.15) is 17.0 Å². The lowest BCUT2D eigenvalue weighted by molar-refractivity contribution is 0.860. The molecule has 0 radical (unpaired) electrons. The monoisotopic (exact) mass is 512 g/mol. The van der Waals surface area contributed by atoms with Gasteiger partial charge in [-0.25, -0.2) is 0 Å². The summed E-state index contributed by atoms with van der Waals surface area (Å²) in [5, 5.41) is 2.59. The standard InChI is InChI=1S/C38H28N2/c1-3-12-27(13-4-1)28-14-11-17-31(24-28)40-37-21-10-8-18-32(37)34-25-29(22-23-38(34)40)35-26-39(30-15-5-2-6-16-30)36-20-9-7-19-33(35)36/h1-25,35H,26H2. The fourth-order valence-electron chi connectivity index (χ4n) is 6.49. The molecule has 1 atom stereocenters. The zero-order valence-corrected chi connectivity index (χ0v) is 22.1. The largest absolute Gasteiger partial charge is 0.340 e. The van der Waals surface area contributed by atoms with E-state index in [2.05, 4.69) is 161 Å². The summed E-state index contributed by atoms with van der Waals surface area (Å²) in [6.07, 6.45) is 0. The van der Waals surface area contributed by atoms with Crippen LogP contribution >= 0.6 is 0 Å². The van der Waals surface area contributed by atoms with Gasteiger partial charge in [-0.3, -0.25) is 0 Å². The van der Waals surface area contributed by atoms with Gasteiger partial charge in [-0.1, -0.05) is 103 Å². The molecular formula is C38H28N2. The van der Waals surface area contributed by atoms with Gasteiger partial charge >= 0.3 is 0 Å². The molecule has 2 nitrogen and oxygen atoms in total. The third kappa shape index (κ3) is 3.65. The topological polar surface area (TPSA) is 8.17 Å². The lowest BCUT2D eigenvalue weighted by Gasteiger charge is -2.20. The van der Waals surface area contributed by atoms with Crippen LogP contribution < -0.4 is 4.90 Å². The van der Waals surface area contributed by atoms with E-state index in [1.165, 1.54) is 61.1 Å². The second kappa shape index (κ2) is 9.29. The number of hydrogen-bond acceptors (Lipinski definition) is 1. The van der Waals surface area contributed by atoms with Crippen molar-refractivity contribution in [2.45, 2.75) is 5.92 Å². The third-order valence-corrected chi connectivity index (χ3v) is 8.35. The number of para-hydroxylation sites is 3. The van der Waals surface area contributed by atoms with Crippen molar-refractivity contribution in [2.24, 2.45) is 0 Å². The lowest BCUT2D eigenvalue weighted by atomic mass is 9.92. The fourth-order valence-corrected chi connectivity index (χ4v) is 6.49. The Morgan fingerprint density at radius 3 is 2.02 bits per heavy atom. The van der Waals surface area contributed by atoms with Crippen LogP contribution in [0.25, 0.3) is 38.6 Å². The van der Waals surface area contributed by atoms with E-state index in [-0.39, 0.29) is 0 Å². The average Bonchev–Trinajstić information content (AvgIpc) is 3.58. The Kier molecular flexibility index (Phi) is 5.31. The molecule has 0 saturated heterocycles. The van der Waals surface area contributed by atoms with Crippen molar-refractivity contribution >= 4 is 33.2 Å². The van der Waals surface area contributed by atoms with Crippen LogP contribution in [0.3, 0.4) is 0 Å². The van der Waals surface area contributed by atoms with E-state index in [1.54, 1.807) is 0 Å². The molecule has 0 N–H and O–H groups in total.